The summed E-state index contributed by atoms with van der Waals surface area (Å²) >= 11 is 0. The summed E-state index contributed by atoms with van der Waals surface area (Å²) in [4.78, 5) is 2.42. The SMILES string of the molecule is Nc1ccc2c(c1)CN(CCOc1ccccc1)CC2. The maximum absolute atomic E-state index is 5.86. The summed E-state index contributed by atoms with van der Waals surface area (Å²) in [6, 6.07) is 16.2. The summed E-state index contributed by atoms with van der Waals surface area (Å²) in [5.74, 6) is 0.939. The van der Waals surface area contributed by atoms with Gasteiger partial charge in [-0.25, -0.2) is 0 Å². The molecule has 3 nitrogen and oxygen atoms in total. The lowest BCUT2D eigenvalue weighted by Gasteiger charge is -2.28. The molecule has 3 rings (SSSR count). The molecule has 0 saturated heterocycles. The lowest BCUT2D eigenvalue weighted by atomic mass is 9.99. The molecule has 1 aliphatic heterocycles. The van der Waals surface area contributed by atoms with Crippen LogP contribution in [0.4, 0.5) is 5.69 Å². The number of anilines is 1. The number of benzene rings is 2. The van der Waals surface area contributed by atoms with E-state index in [2.05, 4.69) is 17.0 Å². The van der Waals surface area contributed by atoms with E-state index in [4.69, 9.17) is 10.5 Å². The van der Waals surface area contributed by atoms with Crippen LogP contribution in [-0.4, -0.2) is 24.6 Å². The van der Waals surface area contributed by atoms with Gasteiger partial charge in [-0.1, -0.05) is 24.3 Å². The van der Waals surface area contributed by atoms with Crippen molar-refractivity contribution in [1.82, 2.24) is 4.90 Å². The van der Waals surface area contributed by atoms with Gasteiger partial charge in [0.25, 0.3) is 0 Å². The minimum Gasteiger partial charge on any atom is -0.492 e. The largest absolute Gasteiger partial charge is 0.492 e. The summed E-state index contributed by atoms with van der Waals surface area (Å²) < 4.78 is 5.75. The number of hydrogen-bond acceptors (Lipinski definition) is 3. The van der Waals surface area contributed by atoms with Crippen molar-refractivity contribution in [3.8, 4) is 5.75 Å². The number of ether oxygens (including phenoxy) is 1. The van der Waals surface area contributed by atoms with Crippen molar-refractivity contribution in [1.29, 1.82) is 0 Å². The fourth-order valence-electron chi connectivity index (χ4n) is 2.64. The van der Waals surface area contributed by atoms with E-state index >= 15 is 0 Å². The highest BCUT2D eigenvalue weighted by Gasteiger charge is 2.15. The van der Waals surface area contributed by atoms with Crippen LogP contribution in [0.2, 0.25) is 0 Å². The molecule has 2 aromatic rings. The molecule has 0 aromatic heterocycles. The maximum atomic E-state index is 5.86. The Kier molecular flexibility index (Phi) is 3.88. The fraction of sp³-hybridized carbons (Fsp3) is 0.294. The Labute approximate surface area is 120 Å². The number of fused-ring (bicyclic) bond motifs is 1. The molecule has 2 aromatic carbocycles. The highest BCUT2D eigenvalue weighted by atomic mass is 16.5. The van der Waals surface area contributed by atoms with Crippen LogP contribution < -0.4 is 10.5 Å². The van der Waals surface area contributed by atoms with E-state index in [9.17, 15) is 0 Å². The molecule has 0 radical (unpaired) electrons. The zero-order chi connectivity index (χ0) is 13.8. The van der Waals surface area contributed by atoms with Crippen molar-refractivity contribution < 1.29 is 4.74 Å². The molecule has 104 valence electrons. The summed E-state index contributed by atoms with van der Waals surface area (Å²) in [7, 11) is 0. The number of nitrogen functional groups attached to an aromatic ring is 1. The minimum absolute atomic E-state index is 0.724. The zero-order valence-corrected chi connectivity index (χ0v) is 11.6. The summed E-state index contributed by atoms with van der Waals surface area (Å²) in [5, 5.41) is 0. The Morgan fingerprint density at radius 3 is 2.75 bits per heavy atom. The first-order valence-electron chi connectivity index (χ1n) is 7.09. The summed E-state index contributed by atoms with van der Waals surface area (Å²) in [6.45, 7) is 3.73. The van der Waals surface area contributed by atoms with Crippen LogP contribution in [0.15, 0.2) is 48.5 Å². The lowest BCUT2D eigenvalue weighted by Crippen LogP contribution is -2.33. The molecule has 3 heteroatoms. The molecule has 1 heterocycles. The van der Waals surface area contributed by atoms with Crippen molar-refractivity contribution in [2.45, 2.75) is 13.0 Å². The molecule has 0 atom stereocenters. The highest BCUT2D eigenvalue weighted by Crippen LogP contribution is 2.21. The average molecular weight is 268 g/mol. The van der Waals surface area contributed by atoms with Gasteiger partial charge in [0.1, 0.15) is 12.4 Å². The van der Waals surface area contributed by atoms with Crippen molar-refractivity contribution in [3.63, 3.8) is 0 Å². The second-order valence-corrected chi connectivity index (χ2v) is 5.22. The molecule has 2 N–H and O–H groups in total. The van der Waals surface area contributed by atoms with E-state index < -0.39 is 0 Å². The highest BCUT2D eigenvalue weighted by molar-refractivity contribution is 5.45. The van der Waals surface area contributed by atoms with Gasteiger partial charge < -0.3 is 10.5 Å². The topological polar surface area (TPSA) is 38.5 Å². The molecule has 1 aliphatic rings. The first kappa shape index (κ1) is 13.0. The molecule has 0 amide bonds. The third kappa shape index (κ3) is 3.11. The number of hydrogen-bond donors (Lipinski definition) is 1. The van der Waals surface area contributed by atoms with Crippen LogP contribution in [0.25, 0.3) is 0 Å². The van der Waals surface area contributed by atoms with Gasteiger partial charge in [-0.2, -0.15) is 0 Å². The Bertz CT molecular complexity index is 568. The maximum Gasteiger partial charge on any atom is 0.119 e. The second kappa shape index (κ2) is 5.97. The summed E-state index contributed by atoms with van der Waals surface area (Å²) in [5.41, 5.74) is 9.50. The van der Waals surface area contributed by atoms with E-state index in [1.807, 2.05) is 36.4 Å². The first-order chi connectivity index (χ1) is 9.81. The molecule has 0 bridgehead atoms. The van der Waals surface area contributed by atoms with Gasteiger partial charge in [0, 0.05) is 25.3 Å². The van der Waals surface area contributed by atoms with Crippen LogP contribution in [0.3, 0.4) is 0 Å². The van der Waals surface area contributed by atoms with Crippen molar-refractivity contribution in [3.05, 3.63) is 59.7 Å². The van der Waals surface area contributed by atoms with Gasteiger partial charge in [-0.15, -0.1) is 0 Å². The lowest BCUT2D eigenvalue weighted by molar-refractivity contribution is 0.196. The predicted molar refractivity (Wildman–Crippen MR) is 81.8 cm³/mol. The third-order valence-electron chi connectivity index (χ3n) is 3.74. The van der Waals surface area contributed by atoms with E-state index in [0.717, 1.165) is 44.1 Å². The predicted octanol–water partition coefficient (Wildman–Crippen LogP) is 2.71. The smallest absolute Gasteiger partial charge is 0.119 e. The Balaban J connectivity index is 1.53. The van der Waals surface area contributed by atoms with Crippen LogP contribution in [-0.2, 0) is 13.0 Å². The Morgan fingerprint density at radius 2 is 1.90 bits per heavy atom. The third-order valence-corrected chi connectivity index (χ3v) is 3.74. The molecular weight excluding hydrogens is 248 g/mol. The second-order valence-electron chi connectivity index (χ2n) is 5.22. The molecule has 0 aliphatic carbocycles. The van der Waals surface area contributed by atoms with E-state index in [-0.39, 0.29) is 0 Å². The van der Waals surface area contributed by atoms with Crippen LogP contribution in [0.1, 0.15) is 11.1 Å². The number of rotatable bonds is 4. The van der Waals surface area contributed by atoms with Gasteiger partial charge in [-0.05, 0) is 41.8 Å². The molecule has 0 unspecified atom stereocenters. The van der Waals surface area contributed by atoms with E-state index in [0.29, 0.717) is 0 Å². The van der Waals surface area contributed by atoms with Gasteiger partial charge in [0.2, 0.25) is 0 Å². The minimum atomic E-state index is 0.724. The van der Waals surface area contributed by atoms with Crippen LogP contribution >= 0.6 is 0 Å². The Morgan fingerprint density at radius 1 is 1.05 bits per heavy atom. The molecular formula is C17H20N2O. The van der Waals surface area contributed by atoms with E-state index in [1.165, 1.54) is 11.1 Å². The van der Waals surface area contributed by atoms with Crippen LogP contribution in [0, 0.1) is 0 Å². The fourth-order valence-corrected chi connectivity index (χ4v) is 2.64. The van der Waals surface area contributed by atoms with E-state index in [1.54, 1.807) is 0 Å². The van der Waals surface area contributed by atoms with Gasteiger partial charge in [0.05, 0.1) is 0 Å². The van der Waals surface area contributed by atoms with Gasteiger partial charge in [0.15, 0.2) is 0 Å². The monoisotopic (exact) mass is 268 g/mol. The normalized spacial score (nSPS) is 14.8. The standard InChI is InChI=1S/C17H20N2O/c18-16-7-6-14-8-9-19(13-15(14)12-16)10-11-20-17-4-2-1-3-5-17/h1-7,12H,8-11,13,18H2. The zero-order valence-electron chi connectivity index (χ0n) is 11.6. The molecule has 0 spiro atoms. The number of nitrogens with two attached hydrogens (primary N) is 1. The average Bonchev–Trinajstić information content (AvgIpc) is 2.48. The van der Waals surface area contributed by atoms with Crippen molar-refractivity contribution in [2.24, 2.45) is 0 Å². The number of nitrogens with zero attached hydrogens (tertiary/aromatic N) is 1. The first-order valence-corrected chi connectivity index (χ1v) is 7.09. The quantitative estimate of drug-likeness (QED) is 0.866. The molecule has 20 heavy (non-hydrogen) atoms. The van der Waals surface area contributed by atoms with Gasteiger partial charge in [-0.3, -0.25) is 4.90 Å². The van der Waals surface area contributed by atoms with Gasteiger partial charge >= 0.3 is 0 Å². The van der Waals surface area contributed by atoms with Crippen molar-refractivity contribution >= 4 is 5.69 Å². The number of para-hydroxylation sites is 1. The Hall–Kier alpha value is -2.00. The molecule has 0 fully saturated rings. The van der Waals surface area contributed by atoms with Crippen molar-refractivity contribution in [2.75, 3.05) is 25.4 Å². The summed E-state index contributed by atoms with van der Waals surface area (Å²) in [6.07, 6.45) is 1.10. The molecule has 0 saturated carbocycles. The van der Waals surface area contributed by atoms with Crippen LogP contribution in [0.5, 0.6) is 5.75 Å².